The number of alkyl halides is 2. The van der Waals surface area contributed by atoms with Crippen LogP contribution in [0.25, 0.3) is 0 Å². The first-order valence-electron chi connectivity index (χ1n) is 2.88. The zero-order valence-electron chi connectivity index (χ0n) is 6.73. The largest absolute Gasteiger partial charge is 0.356 e. The second-order valence-corrected chi connectivity index (χ2v) is 3.09. The predicted molar refractivity (Wildman–Crippen MR) is 44.6 cm³/mol. The van der Waals surface area contributed by atoms with Crippen molar-refractivity contribution < 1.29 is 9.47 Å². The van der Waals surface area contributed by atoms with E-state index < -0.39 is 0 Å². The van der Waals surface area contributed by atoms with E-state index in [2.05, 4.69) is 9.47 Å². The number of halogens is 2. The monoisotopic (exact) mass is 188 g/mol. The minimum Gasteiger partial charge on any atom is -0.356 e. The third-order valence-corrected chi connectivity index (χ3v) is 0.664. The molecule has 0 saturated heterocycles. The minimum absolute atomic E-state index is 0.0648. The van der Waals surface area contributed by atoms with Gasteiger partial charge in [0.1, 0.15) is 4.84 Å². The maximum absolute atomic E-state index is 5.04. The van der Waals surface area contributed by atoms with Crippen molar-refractivity contribution in [1.82, 2.24) is 0 Å². The van der Waals surface area contributed by atoms with Gasteiger partial charge in [0.25, 0.3) is 0 Å². The molecule has 0 fully saturated rings. The lowest BCUT2D eigenvalue weighted by molar-refractivity contribution is -0.0877. The Bertz CT molecular complexity index is 53.0. The van der Waals surface area contributed by atoms with E-state index in [4.69, 9.17) is 23.2 Å². The topological polar surface area (TPSA) is 18.5 Å². The summed E-state index contributed by atoms with van der Waals surface area (Å²) < 4.78 is 9.35. The highest BCUT2D eigenvalue weighted by Crippen LogP contribution is 1.95. The van der Waals surface area contributed by atoms with Crippen LogP contribution in [-0.4, -0.2) is 25.3 Å². The molecule has 4 heteroatoms. The lowest BCUT2D eigenvalue weighted by Gasteiger charge is -2.03. The summed E-state index contributed by atoms with van der Waals surface area (Å²) in [7, 11) is 3.21. The predicted octanol–water partition coefficient (Wildman–Crippen LogP) is 2.44. The van der Waals surface area contributed by atoms with Crippen LogP contribution in [0.4, 0.5) is 0 Å². The lowest BCUT2D eigenvalue weighted by Crippen LogP contribution is -2.05. The summed E-state index contributed by atoms with van der Waals surface area (Å²) in [5.41, 5.74) is 0. The fourth-order valence-electron chi connectivity index (χ4n) is 0.0962. The smallest absolute Gasteiger partial charge is 0.154 e. The molecule has 0 spiro atoms. The number of ether oxygens (including phenoxy) is 2. The molecule has 2 nitrogen and oxygen atoms in total. The first-order chi connectivity index (χ1) is 4.54. The van der Waals surface area contributed by atoms with E-state index in [1.807, 2.05) is 6.92 Å². The Labute approximate surface area is 72.4 Å². The van der Waals surface area contributed by atoms with E-state index in [0.717, 1.165) is 0 Å². The Hall–Kier alpha value is 0.500. The molecule has 0 radical (unpaired) electrons. The van der Waals surface area contributed by atoms with E-state index in [1.54, 1.807) is 21.1 Å². The molecule has 0 aromatic rings. The van der Waals surface area contributed by atoms with E-state index in [1.165, 1.54) is 0 Å². The molecule has 0 saturated carbocycles. The van der Waals surface area contributed by atoms with Gasteiger partial charge in [-0.25, -0.2) is 0 Å². The number of hydrogen-bond acceptors (Lipinski definition) is 2. The van der Waals surface area contributed by atoms with Gasteiger partial charge in [0, 0.05) is 14.2 Å². The van der Waals surface area contributed by atoms with Gasteiger partial charge in [0.2, 0.25) is 0 Å². The molecule has 10 heavy (non-hydrogen) atoms. The van der Waals surface area contributed by atoms with Crippen LogP contribution in [0, 0.1) is 0 Å². The zero-order chi connectivity index (χ0) is 8.57. The molecule has 64 valence electrons. The van der Waals surface area contributed by atoms with Crippen LogP contribution >= 0.6 is 23.2 Å². The summed E-state index contributed by atoms with van der Waals surface area (Å²) in [5, 5.41) is 0. The summed E-state index contributed by atoms with van der Waals surface area (Å²) in [6, 6.07) is 0. The van der Waals surface area contributed by atoms with Crippen LogP contribution in [0.5, 0.6) is 0 Å². The highest BCUT2D eigenvalue weighted by molar-refractivity contribution is 6.43. The van der Waals surface area contributed by atoms with Gasteiger partial charge in [-0.05, 0) is 13.8 Å². The Morgan fingerprint density at radius 1 is 1.00 bits per heavy atom. The molecule has 0 aromatic heterocycles. The molecule has 0 aliphatic carbocycles. The van der Waals surface area contributed by atoms with Gasteiger partial charge >= 0.3 is 0 Å². The van der Waals surface area contributed by atoms with Crippen molar-refractivity contribution in [2.45, 2.75) is 25.0 Å². The molecule has 0 atom stereocenters. The van der Waals surface area contributed by atoms with E-state index in [0.29, 0.717) is 0 Å². The third kappa shape index (κ3) is 23.6. The Balaban J connectivity index is 0. The first kappa shape index (κ1) is 13.1. The normalized spacial score (nSPS) is 9.60. The van der Waals surface area contributed by atoms with Crippen molar-refractivity contribution in [3.05, 3.63) is 0 Å². The molecule has 0 aliphatic heterocycles. The Kier molecular flexibility index (Phi) is 12.5. The molecule has 0 N–H and O–H groups in total. The van der Waals surface area contributed by atoms with Crippen molar-refractivity contribution in [3.8, 4) is 0 Å². The second-order valence-electron chi connectivity index (χ2n) is 1.56. The zero-order valence-corrected chi connectivity index (χ0v) is 8.24. The molecule has 0 heterocycles. The van der Waals surface area contributed by atoms with Gasteiger partial charge in [-0.1, -0.05) is 0 Å². The number of rotatable bonds is 2. The highest BCUT2D eigenvalue weighted by Gasteiger charge is 1.87. The van der Waals surface area contributed by atoms with E-state index in [-0.39, 0.29) is 11.1 Å². The van der Waals surface area contributed by atoms with Crippen LogP contribution < -0.4 is 0 Å². The average molecular weight is 189 g/mol. The minimum atomic E-state index is -0.222. The van der Waals surface area contributed by atoms with Crippen LogP contribution in [-0.2, 0) is 9.47 Å². The molecular formula is C6H14Cl2O2. The molecule has 0 rings (SSSR count). The maximum atomic E-state index is 5.04. The third-order valence-electron chi connectivity index (χ3n) is 0.664. The maximum Gasteiger partial charge on any atom is 0.154 e. The Morgan fingerprint density at radius 2 is 1.20 bits per heavy atom. The SMILES string of the molecule is CC(Cl)Cl.COC(C)OC. The van der Waals surface area contributed by atoms with Crippen molar-refractivity contribution in [2.24, 2.45) is 0 Å². The quantitative estimate of drug-likeness (QED) is 0.490. The standard InChI is InChI=1S/C4H10O2.C2H4Cl2/c1-4(5-2)6-3;1-2(3)4/h4H,1-3H3;2H,1H3. The van der Waals surface area contributed by atoms with Crippen molar-refractivity contribution >= 4 is 23.2 Å². The number of methoxy groups -OCH3 is 2. The molecule has 0 bridgehead atoms. The van der Waals surface area contributed by atoms with Gasteiger partial charge in [-0.3, -0.25) is 0 Å². The van der Waals surface area contributed by atoms with Gasteiger partial charge in [-0.15, -0.1) is 23.2 Å². The fourth-order valence-corrected chi connectivity index (χ4v) is 0.0962. The second kappa shape index (κ2) is 9.50. The van der Waals surface area contributed by atoms with Crippen LogP contribution in [0.3, 0.4) is 0 Å². The van der Waals surface area contributed by atoms with Crippen molar-refractivity contribution in [2.75, 3.05) is 14.2 Å². The number of hydrogen-bond donors (Lipinski definition) is 0. The van der Waals surface area contributed by atoms with Gasteiger partial charge in [0.15, 0.2) is 6.29 Å². The summed E-state index contributed by atoms with van der Waals surface area (Å²) in [6.45, 7) is 3.53. The van der Waals surface area contributed by atoms with Crippen molar-refractivity contribution in [3.63, 3.8) is 0 Å². The van der Waals surface area contributed by atoms with Gasteiger partial charge in [-0.2, -0.15) is 0 Å². The van der Waals surface area contributed by atoms with Crippen LogP contribution in [0.2, 0.25) is 0 Å². The lowest BCUT2D eigenvalue weighted by atomic mass is 10.8. The first-order valence-corrected chi connectivity index (χ1v) is 3.75. The van der Waals surface area contributed by atoms with Gasteiger partial charge < -0.3 is 9.47 Å². The summed E-state index contributed by atoms with van der Waals surface area (Å²) in [4.78, 5) is -0.222. The highest BCUT2D eigenvalue weighted by atomic mass is 35.5. The molecule has 0 aromatic carbocycles. The molecule has 0 unspecified atom stereocenters. The summed E-state index contributed by atoms with van der Waals surface area (Å²) in [5.74, 6) is 0. The fraction of sp³-hybridized carbons (Fsp3) is 1.00. The Morgan fingerprint density at radius 3 is 1.20 bits per heavy atom. The summed E-state index contributed by atoms with van der Waals surface area (Å²) in [6.07, 6.45) is -0.0648. The van der Waals surface area contributed by atoms with Crippen molar-refractivity contribution in [1.29, 1.82) is 0 Å². The van der Waals surface area contributed by atoms with Gasteiger partial charge in [0.05, 0.1) is 0 Å². The summed E-state index contributed by atoms with van der Waals surface area (Å²) >= 11 is 10.1. The molecule has 0 aliphatic rings. The van der Waals surface area contributed by atoms with Crippen LogP contribution in [0.1, 0.15) is 13.8 Å². The molecule has 0 amide bonds. The average Bonchev–Trinajstić information content (AvgIpc) is 1.85. The van der Waals surface area contributed by atoms with E-state index >= 15 is 0 Å². The van der Waals surface area contributed by atoms with Crippen LogP contribution in [0.15, 0.2) is 0 Å². The molecular weight excluding hydrogens is 175 g/mol. The van der Waals surface area contributed by atoms with E-state index in [9.17, 15) is 0 Å².